The molecule has 1 saturated heterocycles. The van der Waals surface area contributed by atoms with Crippen molar-refractivity contribution in [3.63, 3.8) is 0 Å². The fraction of sp³-hybridized carbons (Fsp3) is 0.355. The highest BCUT2D eigenvalue weighted by molar-refractivity contribution is 5.96. The third-order valence-electron chi connectivity index (χ3n) is 6.96. The normalized spacial score (nSPS) is 15.6. The van der Waals surface area contributed by atoms with E-state index in [9.17, 15) is 4.79 Å². The van der Waals surface area contributed by atoms with E-state index in [2.05, 4.69) is 36.6 Å². The number of carbonyl (C=O) groups excluding carboxylic acids is 1. The number of carbonyl (C=O) groups is 1. The summed E-state index contributed by atoms with van der Waals surface area (Å²) in [5, 5.41) is 0. The summed E-state index contributed by atoms with van der Waals surface area (Å²) in [4.78, 5) is 19.9. The van der Waals surface area contributed by atoms with Crippen LogP contribution in [0.15, 0.2) is 72.8 Å². The smallest absolute Gasteiger partial charge is 0.227 e. The Morgan fingerprint density at radius 1 is 0.973 bits per heavy atom. The number of nitrogens with zero attached hydrogens (tertiary/aromatic N) is 3. The Morgan fingerprint density at radius 3 is 2.51 bits per heavy atom. The summed E-state index contributed by atoms with van der Waals surface area (Å²) in [5.74, 6) is 3.33. The largest absolute Gasteiger partial charge is 0.494 e. The van der Waals surface area contributed by atoms with Crippen LogP contribution in [0.25, 0.3) is 11.0 Å². The molecule has 0 bridgehead atoms. The van der Waals surface area contributed by atoms with Gasteiger partial charge in [0.25, 0.3) is 0 Å². The monoisotopic (exact) mass is 497 g/mol. The van der Waals surface area contributed by atoms with E-state index < -0.39 is 0 Å². The number of rotatable bonds is 10. The molecule has 6 heteroatoms. The number of anilines is 1. The number of ether oxygens (including phenoxy) is 2. The lowest BCUT2D eigenvalue weighted by atomic mass is 10.0. The predicted octanol–water partition coefficient (Wildman–Crippen LogP) is 6.55. The molecule has 0 N–H and O–H groups in total. The Hall–Kier alpha value is -3.80. The lowest BCUT2D eigenvalue weighted by Gasteiger charge is -2.18. The maximum absolute atomic E-state index is 13.0. The van der Waals surface area contributed by atoms with Gasteiger partial charge in [0.2, 0.25) is 5.91 Å². The van der Waals surface area contributed by atoms with Crippen molar-refractivity contribution >= 4 is 22.6 Å². The fourth-order valence-electron chi connectivity index (χ4n) is 5.15. The number of aryl methyl sites for hydroxylation is 1. The number of hydrogen-bond donors (Lipinski definition) is 0. The van der Waals surface area contributed by atoms with E-state index in [-0.39, 0.29) is 11.8 Å². The SMILES string of the molecule is CCOc1ccc(N2CC(c3nc4ccccc4n3CCCOc3ccccc3C(C)C)CC2=O)cc1. The predicted molar refractivity (Wildman–Crippen MR) is 148 cm³/mol. The molecule has 0 saturated carbocycles. The molecule has 5 rings (SSSR count). The first-order chi connectivity index (χ1) is 18.0. The van der Waals surface area contributed by atoms with Crippen molar-refractivity contribution in [2.75, 3.05) is 24.7 Å². The molecule has 0 spiro atoms. The van der Waals surface area contributed by atoms with Gasteiger partial charge in [-0.2, -0.15) is 0 Å². The van der Waals surface area contributed by atoms with Gasteiger partial charge in [0.05, 0.1) is 24.2 Å². The average Bonchev–Trinajstić information content (AvgIpc) is 3.48. The fourth-order valence-corrected chi connectivity index (χ4v) is 5.15. The molecular weight excluding hydrogens is 462 g/mol. The van der Waals surface area contributed by atoms with Gasteiger partial charge >= 0.3 is 0 Å². The standard InChI is InChI=1S/C31H35N3O3/c1-4-36-25-16-14-24(15-17-25)34-21-23(20-30(34)35)31-32-27-11-6-7-12-28(27)33(31)18-9-19-37-29-13-8-5-10-26(29)22(2)3/h5-8,10-17,22-23H,4,9,18-21H2,1-3H3. The van der Waals surface area contributed by atoms with Crippen LogP contribution in [0, 0.1) is 0 Å². The van der Waals surface area contributed by atoms with Crippen molar-refractivity contribution in [1.82, 2.24) is 9.55 Å². The molecule has 37 heavy (non-hydrogen) atoms. The molecule has 1 unspecified atom stereocenters. The summed E-state index contributed by atoms with van der Waals surface area (Å²) in [6.07, 6.45) is 1.30. The van der Waals surface area contributed by atoms with Crippen LogP contribution in [0.2, 0.25) is 0 Å². The number of benzene rings is 3. The van der Waals surface area contributed by atoms with Gasteiger partial charge < -0.3 is 18.9 Å². The van der Waals surface area contributed by atoms with Crippen LogP contribution in [0.5, 0.6) is 11.5 Å². The van der Waals surface area contributed by atoms with Gasteiger partial charge in [-0.05, 0) is 67.3 Å². The highest BCUT2D eigenvalue weighted by Gasteiger charge is 2.34. The summed E-state index contributed by atoms with van der Waals surface area (Å²) >= 11 is 0. The first-order valence-electron chi connectivity index (χ1n) is 13.2. The summed E-state index contributed by atoms with van der Waals surface area (Å²) in [6, 6.07) is 24.3. The van der Waals surface area contributed by atoms with Gasteiger partial charge in [-0.15, -0.1) is 0 Å². The molecule has 1 atom stereocenters. The minimum absolute atomic E-state index is 0.0362. The molecule has 1 amide bonds. The minimum Gasteiger partial charge on any atom is -0.494 e. The molecule has 192 valence electrons. The van der Waals surface area contributed by atoms with Crippen molar-refractivity contribution < 1.29 is 14.3 Å². The summed E-state index contributed by atoms with van der Waals surface area (Å²) in [5.41, 5.74) is 4.20. The van der Waals surface area contributed by atoms with Crippen molar-refractivity contribution in [1.29, 1.82) is 0 Å². The van der Waals surface area contributed by atoms with Gasteiger partial charge in [0.1, 0.15) is 17.3 Å². The maximum atomic E-state index is 13.0. The molecule has 6 nitrogen and oxygen atoms in total. The van der Waals surface area contributed by atoms with Gasteiger partial charge in [-0.1, -0.05) is 44.2 Å². The topological polar surface area (TPSA) is 56.6 Å². The van der Waals surface area contributed by atoms with Crippen LogP contribution in [-0.2, 0) is 11.3 Å². The maximum Gasteiger partial charge on any atom is 0.227 e. The van der Waals surface area contributed by atoms with Crippen LogP contribution in [-0.4, -0.2) is 35.2 Å². The molecule has 1 fully saturated rings. The number of fused-ring (bicyclic) bond motifs is 1. The number of imidazole rings is 1. The summed E-state index contributed by atoms with van der Waals surface area (Å²) < 4.78 is 14.0. The molecule has 0 aliphatic carbocycles. The van der Waals surface area contributed by atoms with Crippen molar-refractivity contribution in [2.45, 2.75) is 52.0 Å². The van der Waals surface area contributed by atoms with E-state index in [1.165, 1.54) is 5.56 Å². The van der Waals surface area contributed by atoms with Crippen LogP contribution in [0.1, 0.15) is 56.8 Å². The highest BCUT2D eigenvalue weighted by Crippen LogP contribution is 2.34. The van der Waals surface area contributed by atoms with Crippen LogP contribution >= 0.6 is 0 Å². The second kappa shape index (κ2) is 11.1. The number of aromatic nitrogens is 2. The van der Waals surface area contributed by atoms with E-state index in [4.69, 9.17) is 14.5 Å². The van der Waals surface area contributed by atoms with Crippen LogP contribution in [0.4, 0.5) is 5.69 Å². The quantitative estimate of drug-likeness (QED) is 0.233. The zero-order valence-corrected chi connectivity index (χ0v) is 21.9. The Labute approximate surface area is 218 Å². The first kappa shape index (κ1) is 24.9. The van der Waals surface area contributed by atoms with E-state index in [0.29, 0.717) is 32.1 Å². The Balaban J connectivity index is 1.32. The van der Waals surface area contributed by atoms with Gasteiger partial charge in [0.15, 0.2) is 0 Å². The second-order valence-corrected chi connectivity index (χ2v) is 9.84. The number of hydrogen-bond acceptors (Lipinski definition) is 4. The first-order valence-corrected chi connectivity index (χ1v) is 13.2. The molecule has 4 aromatic rings. The second-order valence-electron chi connectivity index (χ2n) is 9.84. The van der Waals surface area contributed by atoms with Gasteiger partial charge in [-0.25, -0.2) is 4.98 Å². The Bertz CT molecular complexity index is 1360. The van der Waals surface area contributed by atoms with Crippen LogP contribution < -0.4 is 14.4 Å². The molecular formula is C31H35N3O3. The number of amides is 1. The molecule has 0 radical (unpaired) electrons. The van der Waals surface area contributed by atoms with Gasteiger partial charge in [-0.3, -0.25) is 4.79 Å². The van der Waals surface area contributed by atoms with E-state index >= 15 is 0 Å². The zero-order chi connectivity index (χ0) is 25.8. The van der Waals surface area contributed by atoms with Crippen molar-refractivity contribution in [3.05, 3.63) is 84.2 Å². The lowest BCUT2D eigenvalue weighted by Crippen LogP contribution is -2.24. The molecule has 1 aliphatic heterocycles. The summed E-state index contributed by atoms with van der Waals surface area (Å²) in [7, 11) is 0. The van der Waals surface area contributed by atoms with Crippen molar-refractivity contribution in [2.24, 2.45) is 0 Å². The van der Waals surface area contributed by atoms with E-state index in [1.54, 1.807) is 0 Å². The third-order valence-corrected chi connectivity index (χ3v) is 6.96. The average molecular weight is 498 g/mol. The molecule has 2 heterocycles. The van der Waals surface area contributed by atoms with Gasteiger partial charge in [0, 0.05) is 31.1 Å². The summed E-state index contributed by atoms with van der Waals surface area (Å²) in [6.45, 7) is 8.98. The third kappa shape index (κ3) is 5.33. The van der Waals surface area contributed by atoms with Crippen molar-refractivity contribution in [3.8, 4) is 11.5 Å². The molecule has 1 aliphatic rings. The zero-order valence-electron chi connectivity index (χ0n) is 21.9. The van der Waals surface area contributed by atoms with Crippen LogP contribution in [0.3, 0.4) is 0 Å². The lowest BCUT2D eigenvalue weighted by molar-refractivity contribution is -0.117. The Kier molecular flexibility index (Phi) is 7.45. The Morgan fingerprint density at radius 2 is 1.73 bits per heavy atom. The number of para-hydroxylation sites is 3. The van der Waals surface area contributed by atoms with E-state index in [0.717, 1.165) is 47.0 Å². The molecule has 3 aromatic carbocycles. The molecule has 1 aromatic heterocycles. The van der Waals surface area contributed by atoms with E-state index in [1.807, 2.05) is 66.4 Å². The highest BCUT2D eigenvalue weighted by atomic mass is 16.5. The minimum atomic E-state index is 0.0362.